The van der Waals surface area contributed by atoms with E-state index in [4.69, 9.17) is 0 Å². The summed E-state index contributed by atoms with van der Waals surface area (Å²) in [6.07, 6.45) is -1.15. The van der Waals surface area contributed by atoms with Crippen LogP contribution < -0.4 is 0 Å². The van der Waals surface area contributed by atoms with Gasteiger partial charge in [-0.1, -0.05) is 24.3 Å². The molecule has 2 N–H and O–H groups in total. The summed E-state index contributed by atoms with van der Waals surface area (Å²) in [5.41, 5.74) is 1.40. The lowest BCUT2D eigenvalue weighted by molar-refractivity contribution is 0.0149. The van der Waals surface area contributed by atoms with Gasteiger partial charge >= 0.3 is 6.09 Å². The number of fused-ring (bicyclic) bond motifs is 1. The Morgan fingerprint density at radius 3 is 2.50 bits per heavy atom. The molecule has 0 unspecified atom stereocenters. The SMILES string of the molecule is CC(C)(C)N(C(=O)O)[C@@H]1c2ccccc2C[C@H]1O. The summed E-state index contributed by atoms with van der Waals surface area (Å²) < 4.78 is 0. The Bertz CT molecular complexity index is 464. The molecule has 18 heavy (non-hydrogen) atoms. The van der Waals surface area contributed by atoms with Crippen molar-refractivity contribution in [3.63, 3.8) is 0 Å². The summed E-state index contributed by atoms with van der Waals surface area (Å²) in [7, 11) is 0. The first-order chi connectivity index (χ1) is 8.32. The Balaban J connectivity index is 2.46. The molecule has 1 amide bonds. The van der Waals surface area contributed by atoms with E-state index in [-0.39, 0.29) is 0 Å². The molecule has 0 heterocycles. The second-order valence-electron chi connectivity index (χ2n) is 5.74. The van der Waals surface area contributed by atoms with E-state index >= 15 is 0 Å². The summed E-state index contributed by atoms with van der Waals surface area (Å²) in [5, 5.41) is 19.6. The number of carbonyl (C=O) groups is 1. The maximum Gasteiger partial charge on any atom is 0.408 e. The van der Waals surface area contributed by atoms with E-state index in [0.29, 0.717) is 6.42 Å². The van der Waals surface area contributed by atoms with Gasteiger partial charge in [-0.05, 0) is 31.9 Å². The molecule has 0 bridgehead atoms. The van der Waals surface area contributed by atoms with Crippen LogP contribution in [0.1, 0.15) is 37.9 Å². The zero-order valence-corrected chi connectivity index (χ0v) is 10.9. The number of rotatable bonds is 1. The van der Waals surface area contributed by atoms with Gasteiger partial charge in [0.25, 0.3) is 0 Å². The lowest BCUT2D eigenvalue weighted by Crippen LogP contribution is -2.49. The molecule has 98 valence electrons. The van der Waals surface area contributed by atoms with E-state index in [1.165, 1.54) is 4.90 Å². The number of amides is 1. The number of hydrogen-bond acceptors (Lipinski definition) is 2. The zero-order chi connectivity index (χ0) is 13.5. The van der Waals surface area contributed by atoms with Gasteiger partial charge in [0.05, 0.1) is 12.1 Å². The minimum Gasteiger partial charge on any atom is -0.465 e. The van der Waals surface area contributed by atoms with Crippen LogP contribution in [-0.4, -0.2) is 32.8 Å². The highest BCUT2D eigenvalue weighted by Crippen LogP contribution is 2.39. The third-order valence-electron chi connectivity index (χ3n) is 3.37. The standard InChI is InChI=1S/C14H19NO3/c1-14(2,3)15(13(17)18)12-10-7-5-4-6-9(10)8-11(12)16/h4-7,11-12,16H,8H2,1-3H3,(H,17,18)/t11-,12-/m1/s1. The van der Waals surface area contributed by atoms with E-state index in [1.807, 2.05) is 45.0 Å². The molecule has 1 aromatic rings. The van der Waals surface area contributed by atoms with Gasteiger partial charge in [0, 0.05) is 12.0 Å². The van der Waals surface area contributed by atoms with E-state index in [9.17, 15) is 15.0 Å². The third kappa shape index (κ3) is 2.08. The lowest BCUT2D eigenvalue weighted by Gasteiger charge is -2.39. The number of hydrogen-bond donors (Lipinski definition) is 2. The molecule has 0 saturated carbocycles. The average molecular weight is 249 g/mol. The molecule has 0 radical (unpaired) electrons. The molecule has 2 rings (SSSR count). The van der Waals surface area contributed by atoms with Crippen LogP contribution in [-0.2, 0) is 6.42 Å². The number of aliphatic hydroxyl groups is 1. The molecule has 0 aliphatic heterocycles. The summed E-state index contributed by atoms with van der Waals surface area (Å²) >= 11 is 0. The van der Waals surface area contributed by atoms with Gasteiger partial charge in [0.2, 0.25) is 0 Å². The Morgan fingerprint density at radius 1 is 1.33 bits per heavy atom. The van der Waals surface area contributed by atoms with Crippen LogP contribution in [0, 0.1) is 0 Å². The van der Waals surface area contributed by atoms with Gasteiger partial charge in [-0.15, -0.1) is 0 Å². The first-order valence-corrected chi connectivity index (χ1v) is 6.10. The minimum atomic E-state index is -0.997. The van der Waals surface area contributed by atoms with Crippen LogP contribution in [0.5, 0.6) is 0 Å². The molecule has 2 atom stereocenters. The van der Waals surface area contributed by atoms with Crippen LogP contribution in [0.25, 0.3) is 0 Å². The Labute approximate surface area is 107 Å². The Morgan fingerprint density at radius 2 is 1.94 bits per heavy atom. The Kier molecular flexibility index (Phi) is 3.07. The van der Waals surface area contributed by atoms with Crippen molar-refractivity contribution in [1.29, 1.82) is 0 Å². The van der Waals surface area contributed by atoms with Crippen molar-refractivity contribution in [2.45, 2.75) is 44.9 Å². The molecule has 4 heteroatoms. The lowest BCUT2D eigenvalue weighted by atomic mass is 9.99. The summed E-state index contributed by atoms with van der Waals surface area (Å²) in [4.78, 5) is 12.9. The number of nitrogens with zero attached hydrogens (tertiary/aromatic N) is 1. The molecule has 1 aromatic carbocycles. The molecule has 0 aromatic heterocycles. The predicted molar refractivity (Wildman–Crippen MR) is 68.5 cm³/mol. The van der Waals surface area contributed by atoms with Gasteiger partial charge < -0.3 is 10.2 Å². The second-order valence-corrected chi connectivity index (χ2v) is 5.74. The zero-order valence-electron chi connectivity index (χ0n) is 10.9. The minimum absolute atomic E-state index is 0.473. The topological polar surface area (TPSA) is 60.8 Å². The highest BCUT2D eigenvalue weighted by atomic mass is 16.4. The van der Waals surface area contributed by atoms with Crippen LogP contribution in [0.3, 0.4) is 0 Å². The van der Waals surface area contributed by atoms with Gasteiger partial charge in [-0.2, -0.15) is 0 Å². The quantitative estimate of drug-likeness (QED) is 0.803. The van der Waals surface area contributed by atoms with Gasteiger partial charge in [-0.3, -0.25) is 4.90 Å². The molecular formula is C14H19NO3. The summed E-state index contributed by atoms with van der Waals surface area (Å²) in [5.74, 6) is 0. The molecule has 0 fully saturated rings. The maximum atomic E-state index is 11.5. The highest BCUT2D eigenvalue weighted by molar-refractivity contribution is 5.67. The summed E-state index contributed by atoms with van der Waals surface area (Å²) in [6, 6.07) is 7.17. The fraction of sp³-hybridized carbons (Fsp3) is 0.500. The molecule has 4 nitrogen and oxygen atoms in total. The smallest absolute Gasteiger partial charge is 0.408 e. The van der Waals surface area contributed by atoms with E-state index in [0.717, 1.165) is 11.1 Å². The first-order valence-electron chi connectivity index (χ1n) is 6.10. The van der Waals surface area contributed by atoms with Crippen molar-refractivity contribution in [1.82, 2.24) is 4.90 Å². The first kappa shape index (κ1) is 12.9. The van der Waals surface area contributed by atoms with Crippen molar-refractivity contribution in [2.24, 2.45) is 0 Å². The molecular weight excluding hydrogens is 230 g/mol. The van der Waals surface area contributed by atoms with Gasteiger partial charge in [0.15, 0.2) is 0 Å². The number of benzene rings is 1. The van der Waals surface area contributed by atoms with E-state index in [1.54, 1.807) is 0 Å². The highest BCUT2D eigenvalue weighted by Gasteiger charge is 2.42. The van der Waals surface area contributed by atoms with Gasteiger partial charge in [0.1, 0.15) is 0 Å². The van der Waals surface area contributed by atoms with Gasteiger partial charge in [-0.25, -0.2) is 4.79 Å². The monoisotopic (exact) mass is 249 g/mol. The van der Waals surface area contributed by atoms with Crippen LogP contribution >= 0.6 is 0 Å². The predicted octanol–water partition coefficient (Wildman–Crippen LogP) is 2.42. The van der Waals surface area contributed by atoms with E-state index in [2.05, 4.69) is 0 Å². The van der Waals surface area contributed by atoms with Crippen LogP contribution in [0.4, 0.5) is 4.79 Å². The maximum absolute atomic E-state index is 11.5. The number of carboxylic acid groups (broad SMARTS) is 1. The van der Waals surface area contributed by atoms with Crippen molar-refractivity contribution >= 4 is 6.09 Å². The fourth-order valence-corrected chi connectivity index (χ4v) is 2.69. The molecule has 0 spiro atoms. The van der Waals surface area contributed by atoms with Crippen molar-refractivity contribution in [2.75, 3.05) is 0 Å². The van der Waals surface area contributed by atoms with Crippen LogP contribution in [0.2, 0.25) is 0 Å². The number of aliphatic hydroxyl groups excluding tert-OH is 1. The summed E-state index contributed by atoms with van der Waals surface area (Å²) in [6.45, 7) is 5.53. The molecule has 1 aliphatic rings. The third-order valence-corrected chi connectivity index (χ3v) is 3.37. The van der Waals surface area contributed by atoms with Crippen molar-refractivity contribution in [3.8, 4) is 0 Å². The second kappa shape index (κ2) is 4.28. The van der Waals surface area contributed by atoms with E-state index < -0.39 is 23.8 Å². The average Bonchev–Trinajstić information content (AvgIpc) is 2.54. The fourth-order valence-electron chi connectivity index (χ4n) is 2.69. The largest absolute Gasteiger partial charge is 0.465 e. The Hall–Kier alpha value is -1.55. The van der Waals surface area contributed by atoms with Crippen molar-refractivity contribution < 1.29 is 15.0 Å². The molecule has 1 aliphatic carbocycles. The molecule has 0 saturated heterocycles. The van der Waals surface area contributed by atoms with Crippen LogP contribution in [0.15, 0.2) is 24.3 Å². The normalized spacial score (nSPS) is 22.7. The van der Waals surface area contributed by atoms with Crippen molar-refractivity contribution in [3.05, 3.63) is 35.4 Å².